The molecule has 0 aromatic heterocycles. The van der Waals surface area contributed by atoms with Gasteiger partial charge >= 0.3 is 0 Å². The molecular formula is C14H16O. The maximum Gasteiger partial charge on any atom is 0.162 e. The van der Waals surface area contributed by atoms with Crippen LogP contribution in [-0.2, 0) is 4.79 Å². The fourth-order valence-corrected chi connectivity index (χ4v) is 4.78. The molecule has 78 valence electrons. The fourth-order valence-electron chi connectivity index (χ4n) is 4.78. The van der Waals surface area contributed by atoms with Crippen molar-refractivity contribution in [2.75, 3.05) is 0 Å². The van der Waals surface area contributed by atoms with Crippen LogP contribution in [0, 0.1) is 35.5 Å². The Labute approximate surface area is 90.2 Å². The Morgan fingerprint density at radius 1 is 1.00 bits per heavy atom. The number of hydrogen-bond donors (Lipinski definition) is 0. The van der Waals surface area contributed by atoms with Crippen molar-refractivity contribution < 1.29 is 4.79 Å². The Bertz CT molecular complexity index is 379. The van der Waals surface area contributed by atoms with Crippen LogP contribution in [0.3, 0.4) is 0 Å². The number of allylic oxidation sites excluding steroid dienone is 4. The maximum absolute atomic E-state index is 12.0. The molecule has 5 aliphatic carbocycles. The highest BCUT2D eigenvalue weighted by Gasteiger charge is 2.54. The lowest BCUT2D eigenvalue weighted by atomic mass is 9.65. The minimum Gasteiger partial charge on any atom is -0.294 e. The third-order valence-electron chi connectivity index (χ3n) is 5.26. The van der Waals surface area contributed by atoms with Crippen molar-refractivity contribution >= 4 is 5.78 Å². The molecule has 5 rings (SSSR count). The predicted octanol–water partition coefficient (Wildman–Crippen LogP) is 2.59. The number of hydrogen-bond acceptors (Lipinski definition) is 1. The molecule has 0 saturated heterocycles. The van der Waals surface area contributed by atoms with Crippen LogP contribution in [0.2, 0.25) is 0 Å². The zero-order valence-corrected chi connectivity index (χ0v) is 8.80. The quantitative estimate of drug-likeness (QED) is 0.549. The van der Waals surface area contributed by atoms with Crippen molar-refractivity contribution in [2.45, 2.75) is 19.3 Å². The summed E-state index contributed by atoms with van der Waals surface area (Å²) >= 11 is 0. The topological polar surface area (TPSA) is 17.1 Å². The second kappa shape index (κ2) is 2.63. The van der Waals surface area contributed by atoms with Crippen LogP contribution >= 0.6 is 0 Å². The van der Waals surface area contributed by atoms with Gasteiger partial charge in [0.25, 0.3) is 0 Å². The number of fused-ring (bicyclic) bond motifs is 3. The summed E-state index contributed by atoms with van der Waals surface area (Å²) in [6, 6.07) is 0. The monoisotopic (exact) mass is 200 g/mol. The normalized spacial score (nSPS) is 54.8. The fraction of sp³-hybridized carbons (Fsp3) is 0.643. The van der Waals surface area contributed by atoms with Gasteiger partial charge in [-0.2, -0.15) is 0 Å². The second-order valence-electron chi connectivity index (χ2n) is 5.74. The standard InChI is InChI=1S/C14H16O/c15-12-6-4-8-3-5-11(12)14-10-2-1-9(7-10)13(8)14/h3-6,8-11,13-14H,1-2,7H2/t8-,9?,10?,11+,13-,14-/m0/s1. The predicted molar refractivity (Wildman–Crippen MR) is 58.1 cm³/mol. The maximum atomic E-state index is 12.0. The molecular weight excluding hydrogens is 184 g/mol. The van der Waals surface area contributed by atoms with Crippen molar-refractivity contribution in [3.8, 4) is 0 Å². The van der Waals surface area contributed by atoms with Gasteiger partial charge in [-0.05, 0) is 54.9 Å². The molecule has 0 aromatic rings. The summed E-state index contributed by atoms with van der Waals surface area (Å²) in [4.78, 5) is 12.0. The van der Waals surface area contributed by atoms with Crippen LogP contribution < -0.4 is 0 Å². The van der Waals surface area contributed by atoms with Crippen molar-refractivity contribution in [3.63, 3.8) is 0 Å². The molecule has 4 bridgehead atoms. The van der Waals surface area contributed by atoms with Crippen molar-refractivity contribution in [3.05, 3.63) is 24.3 Å². The Balaban J connectivity index is 1.85. The van der Waals surface area contributed by atoms with Crippen LogP contribution in [0.15, 0.2) is 24.3 Å². The number of rotatable bonds is 0. The summed E-state index contributed by atoms with van der Waals surface area (Å²) in [6.45, 7) is 0. The molecule has 6 atom stereocenters. The van der Waals surface area contributed by atoms with E-state index >= 15 is 0 Å². The van der Waals surface area contributed by atoms with Crippen LogP contribution in [-0.4, -0.2) is 5.78 Å². The van der Waals surface area contributed by atoms with Gasteiger partial charge in [0.15, 0.2) is 5.78 Å². The van der Waals surface area contributed by atoms with E-state index in [1.807, 2.05) is 6.08 Å². The van der Waals surface area contributed by atoms with Crippen molar-refractivity contribution in [1.82, 2.24) is 0 Å². The molecule has 0 radical (unpaired) electrons. The molecule has 0 aliphatic heterocycles. The molecule has 0 heterocycles. The van der Waals surface area contributed by atoms with Gasteiger partial charge in [0.2, 0.25) is 0 Å². The average Bonchev–Trinajstić information content (AvgIpc) is 2.79. The van der Waals surface area contributed by atoms with Gasteiger partial charge in [0, 0.05) is 5.92 Å². The Morgan fingerprint density at radius 2 is 1.80 bits per heavy atom. The van der Waals surface area contributed by atoms with E-state index in [9.17, 15) is 4.79 Å². The molecule has 5 aliphatic rings. The van der Waals surface area contributed by atoms with Gasteiger partial charge in [0.05, 0.1) is 0 Å². The summed E-state index contributed by atoms with van der Waals surface area (Å²) in [7, 11) is 0. The first-order valence-corrected chi connectivity index (χ1v) is 6.25. The van der Waals surface area contributed by atoms with E-state index in [0.29, 0.717) is 17.6 Å². The van der Waals surface area contributed by atoms with Crippen molar-refractivity contribution in [2.24, 2.45) is 35.5 Å². The highest BCUT2D eigenvalue weighted by Crippen LogP contribution is 2.60. The average molecular weight is 200 g/mol. The van der Waals surface area contributed by atoms with Gasteiger partial charge < -0.3 is 0 Å². The molecule has 15 heavy (non-hydrogen) atoms. The lowest BCUT2D eigenvalue weighted by Gasteiger charge is -2.39. The molecule has 0 N–H and O–H groups in total. The molecule has 0 amide bonds. The van der Waals surface area contributed by atoms with E-state index < -0.39 is 0 Å². The number of carbonyl (C=O) groups excluding carboxylic acids is 1. The highest BCUT2D eigenvalue weighted by molar-refractivity contribution is 5.94. The Kier molecular flexibility index (Phi) is 1.46. The zero-order chi connectivity index (χ0) is 9.99. The van der Waals surface area contributed by atoms with E-state index in [1.54, 1.807) is 0 Å². The van der Waals surface area contributed by atoms with Gasteiger partial charge in [-0.15, -0.1) is 0 Å². The molecule has 2 saturated carbocycles. The smallest absolute Gasteiger partial charge is 0.162 e. The molecule has 1 nitrogen and oxygen atoms in total. The summed E-state index contributed by atoms with van der Waals surface area (Å²) < 4.78 is 0. The summed E-state index contributed by atoms with van der Waals surface area (Å²) in [6.07, 6.45) is 12.7. The van der Waals surface area contributed by atoms with E-state index in [-0.39, 0.29) is 5.92 Å². The number of ketones is 1. The highest BCUT2D eigenvalue weighted by atomic mass is 16.1. The molecule has 0 aromatic carbocycles. The van der Waals surface area contributed by atoms with Crippen molar-refractivity contribution in [1.29, 1.82) is 0 Å². The van der Waals surface area contributed by atoms with Gasteiger partial charge in [-0.25, -0.2) is 0 Å². The van der Waals surface area contributed by atoms with Gasteiger partial charge in [0.1, 0.15) is 0 Å². The molecule has 1 heteroatoms. The van der Waals surface area contributed by atoms with E-state index in [1.165, 1.54) is 19.3 Å². The van der Waals surface area contributed by atoms with E-state index in [0.717, 1.165) is 17.8 Å². The summed E-state index contributed by atoms with van der Waals surface area (Å²) in [5, 5.41) is 0. The third-order valence-corrected chi connectivity index (χ3v) is 5.26. The molecule has 0 spiro atoms. The lowest BCUT2D eigenvalue weighted by molar-refractivity contribution is -0.119. The first-order valence-electron chi connectivity index (χ1n) is 6.25. The van der Waals surface area contributed by atoms with Crippen LogP contribution in [0.25, 0.3) is 0 Å². The summed E-state index contributed by atoms with van der Waals surface area (Å²) in [5.74, 6) is 4.47. The van der Waals surface area contributed by atoms with Gasteiger partial charge in [-0.1, -0.05) is 18.2 Å². The minimum absolute atomic E-state index is 0.236. The van der Waals surface area contributed by atoms with E-state index in [2.05, 4.69) is 18.2 Å². The van der Waals surface area contributed by atoms with E-state index in [4.69, 9.17) is 0 Å². The largest absolute Gasteiger partial charge is 0.294 e. The van der Waals surface area contributed by atoms with Crippen LogP contribution in [0.4, 0.5) is 0 Å². The Hall–Kier alpha value is -0.850. The molecule has 2 fully saturated rings. The molecule has 2 unspecified atom stereocenters. The van der Waals surface area contributed by atoms with Crippen LogP contribution in [0.1, 0.15) is 19.3 Å². The second-order valence-corrected chi connectivity index (χ2v) is 5.74. The first kappa shape index (κ1) is 8.32. The zero-order valence-electron chi connectivity index (χ0n) is 8.80. The summed E-state index contributed by atoms with van der Waals surface area (Å²) in [5.41, 5.74) is 0. The third kappa shape index (κ3) is 0.920. The number of carbonyl (C=O) groups is 1. The first-order chi connectivity index (χ1) is 7.34. The van der Waals surface area contributed by atoms with Crippen LogP contribution in [0.5, 0.6) is 0 Å². The SMILES string of the molecule is O=C1C=C[C@@H]2C=C[C@H]1[C@@H]1C3CCC(C3)[C@H]21. The van der Waals surface area contributed by atoms with Gasteiger partial charge in [-0.3, -0.25) is 4.79 Å². The lowest BCUT2D eigenvalue weighted by Crippen LogP contribution is -2.36. The minimum atomic E-state index is 0.236. The Morgan fingerprint density at radius 3 is 2.67 bits per heavy atom.